The molecule has 2 aliphatic rings. The second-order valence-corrected chi connectivity index (χ2v) is 12.0. The number of aromatic nitrogens is 1. The summed E-state index contributed by atoms with van der Waals surface area (Å²) >= 11 is 0. The lowest BCUT2D eigenvalue weighted by Gasteiger charge is -2.31. The number of nitrogens with zero attached hydrogens (tertiary/aromatic N) is 3. The summed E-state index contributed by atoms with van der Waals surface area (Å²) in [5, 5.41) is 10.8. The van der Waals surface area contributed by atoms with Crippen LogP contribution in [0.5, 0.6) is 5.75 Å². The number of likely N-dealkylation sites (N-methyl/N-ethyl adjacent to an activating group) is 1. The van der Waals surface area contributed by atoms with Crippen molar-refractivity contribution in [2.75, 3.05) is 33.7 Å². The molecule has 0 bridgehead atoms. The maximum absolute atomic E-state index is 15.7. The highest BCUT2D eigenvalue weighted by Gasteiger charge is 2.34. The predicted octanol–water partition coefficient (Wildman–Crippen LogP) is 6.96. The van der Waals surface area contributed by atoms with E-state index in [0.717, 1.165) is 90.0 Å². The lowest BCUT2D eigenvalue weighted by molar-refractivity contribution is 0.0697. The number of carboxylic acid groups (broad SMARTS) is 1. The first kappa shape index (κ1) is 28.4. The normalized spacial score (nSPS) is 19.2. The molecule has 1 fully saturated rings. The number of aromatic carboxylic acids is 1. The van der Waals surface area contributed by atoms with Crippen molar-refractivity contribution in [3.8, 4) is 17.0 Å². The van der Waals surface area contributed by atoms with Crippen molar-refractivity contribution >= 4 is 16.9 Å². The number of carboxylic acids is 1. The van der Waals surface area contributed by atoms with Crippen LogP contribution in [-0.4, -0.2) is 65.3 Å². The van der Waals surface area contributed by atoms with Gasteiger partial charge in [0.25, 0.3) is 0 Å². The molecule has 0 saturated heterocycles. The topological polar surface area (TPSA) is 57.9 Å². The maximum atomic E-state index is 15.7. The van der Waals surface area contributed by atoms with Crippen LogP contribution in [0.3, 0.4) is 0 Å². The highest BCUT2D eigenvalue weighted by Crippen LogP contribution is 2.47. The van der Waals surface area contributed by atoms with Crippen molar-refractivity contribution < 1.29 is 19.0 Å². The van der Waals surface area contributed by atoms with Crippen LogP contribution in [0.4, 0.5) is 4.39 Å². The zero-order valence-electron chi connectivity index (χ0n) is 24.6. The zero-order valence-corrected chi connectivity index (χ0v) is 24.6. The number of halogens is 1. The minimum absolute atomic E-state index is 0.209. The molecule has 1 saturated carbocycles. The second kappa shape index (κ2) is 12.3. The lowest BCUT2D eigenvalue weighted by atomic mass is 9.80. The van der Waals surface area contributed by atoms with Gasteiger partial charge in [-0.25, -0.2) is 9.18 Å². The van der Waals surface area contributed by atoms with Gasteiger partial charge in [-0.05, 0) is 74.0 Å². The Labute approximate surface area is 247 Å². The lowest BCUT2D eigenvalue weighted by Crippen LogP contribution is -2.35. The number of carbonyl (C=O) groups is 1. The molecule has 4 aromatic rings. The number of fused-ring (bicyclic) bond motifs is 5. The van der Waals surface area contributed by atoms with Crippen LogP contribution < -0.4 is 4.74 Å². The number of hydrogen-bond acceptors (Lipinski definition) is 4. The number of hydrogen-bond donors (Lipinski definition) is 1. The van der Waals surface area contributed by atoms with Crippen LogP contribution in [0.25, 0.3) is 22.2 Å². The first-order chi connectivity index (χ1) is 20.4. The highest BCUT2D eigenvalue weighted by atomic mass is 19.1. The van der Waals surface area contributed by atoms with Crippen LogP contribution in [0, 0.1) is 0 Å². The van der Waals surface area contributed by atoms with Gasteiger partial charge in [0.1, 0.15) is 18.5 Å². The van der Waals surface area contributed by atoms with Crippen LogP contribution in [0.1, 0.15) is 58.6 Å². The summed E-state index contributed by atoms with van der Waals surface area (Å²) < 4.78 is 24.2. The minimum atomic E-state index is -0.950. The Morgan fingerprint density at radius 2 is 1.83 bits per heavy atom. The summed E-state index contributed by atoms with van der Waals surface area (Å²) in [6.45, 7) is 4.59. The standard InChI is InChI=1S/C35H40FN3O3/c1-37(2)16-17-38-18-19-39-32-21-25(35(40)41)12-14-30(32)33(29-10-6-7-11-31(29)36)34(39)28-15-13-27(20-26(28)22-38)42-23-24-8-4-3-5-9-24/h3-5,8-9,12-15,20-21,29,31H,6-7,10-11,16-19,22-23H2,1-2H3,(H,40,41)/t29-,31-/m0/s1. The monoisotopic (exact) mass is 569 g/mol. The number of benzene rings is 3. The van der Waals surface area contributed by atoms with Crippen molar-refractivity contribution in [3.05, 3.63) is 89.0 Å². The van der Waals surface area contributed by atoms with E-state index in [4.69, 9.17) is 4.74 Å². The minimum Gasteiger partial charge on any atom is -0.489 e. The van der Waals surface area contributed by atoms with Crippen molar-refractivity contribution in [2.45, 2.75) is 57.5 Å². The molecule has 42 heavy (non-hydrogen) atoms. The van der Waals surface area contributed by atoms with Gasteiger partial charge >= 0.3 is 5.97 Å². The average molecular weight is 570 g/mol. The van der Waals surface area contributed by atoms with E-state index in [1.165, 1.54) is 0 Å². The third kappa shape index (κ3) is 5.81. The van der Waals surface area contributed by atoms with Gasteiger partial charge in [-0.15, -0.1) is 0 Å². The SMILES string of the molecule is CN(C)CCN1CCn2c(c([C@H]3CCCC[C@@H]3F)c3ccc(C(=O)O)cc32)-c2ccc(OCc3ccccc3)cc2C1. The Hall–Kier alpha value is -3.68. The van der Waals surface area contributed by atoms with E-state index in [1.807, 2.05) is 30.3 Å². The molecule has 0 amide bonds. The predicted molar refractivity (Wildman–Crippen MR) is 165 cm³/mol. The van der Waals surface area contributed by atoms with Crippen molar-refractivity contribution in [1.29, 1.82) is 0 Å². The molecule has 2 heterocycles. The Kier molecular flexibility index (Phi) is 8.31. The molecule has 3 aromatic carbocycles. The van der Waals surface area contributed by atoms with Crippen molar-refractivity contribution in [3.63, 3.8) is 0 Å². The second-order valence-electron chi connectivity index (χ2n) is 12.0. The summed E-state index contributed by atoms with van der Waals surface area (Å²) in [5.41, 5.74) is 6.55. The Morgan fingerprint density at radius 1 is 1.02 bits per heavy atom. The van der Waals surface area contributed by atoms with Crippen LogP contribution >= 0.6 is 0 Å². The van der Waals surface area contributed by atoms with Gasteiger partial charge < -0.3 is 19.3 Å². The number of rotatable bonds is 8. The van der Waals surface area contributed by atoms with Gasteiger partial charge in [0.05, 0.1) is 11.3 Å². The third-order valence-electron chi connectivity index (χ3n) is 8.88. The molecule has 2 atom stereocenters. The molecule has 1 aliphatic carbocycles. The highest BCUT2D eigenvalue weighted by molar-refractivity contribution is 5.98. The number of alkyl halides is 1. The van der Waals surface area contributed by atoms with Gasteiger partial charge in [-0.2, -0.15) is 0 Å². The smallest absolute Gasteiger partial charge is 0.335 e. The third-order valence-corrected chi connectivity index (χ3v) is 8.88. The molecular weight excluding hydrogens is 529 g/mol. The molecule has 6 nitrogen and oxygen atoms in total. The Bertz CT molecular complexity index is 1570. The van der Waals surface area contributed by atoms with E-state index in [0.29, 0.717) is 19.6 Å². The Balaban J connectivity index is 1.50. The van der Waals surface area contributed by atoms with Crippen LogP contribution in [0.15, 0.2) is 66.7 Å². The van der Waals surface area contributed by atoms with Gasteiger partial charge in [-0.1, -0.05) is 49.2 Å². The summed E-state index contributed by atoms with van der Waals surface area (Å²) in [7, 11) is 4.17. The fourth-order valence-electron chi connectivity index (χ4n) is 6.67. The molecule has 1 aliphatic heterocycles. The molecule has 1 aromatic heterocycles. The van der Waals surface area contributed by atoms with Crippen LogP contribution in [0.2, 0.25) is 0 Å². The summed E-state index contributed by atoms with van der Waals surface area (Å²) in [4.78, 5) is 16.6. The fourth-order valence-corrected chi connectivity index (χ4v) is 6.67. The zero-order chi connectivity index (χ0) is 29.2. The average Bonchev–Trinajstić information content (AvgIpc) is 3.29. The van der Waals surface area contributed by atoms with Crippen molar-refractivity contribution in [1.82, 2.24) is 14.4 Å². The van der Waals surface area contributed by atoms with E-state index < -0.39 is 12.1 Å². The first-order valence-electron chi connectivity index (χ1n) is 15.1. The molecule has 0 radical (unpaired) electrons. The van der Waals surface area contributed by atoms with E-state index in [-0.39, 0.29) is 11.5 Å². The summed E-state index contributed by atoms with van der Waals surface area (Å²) in [6, 6.07) is 21.8. The largest absolute Gasteiger partial charge is 0.489 e. The fraction of sp³-hybridized carbons (Fsp3) is 0.400. The van der Waals surface area contributed by atoms with E-state index >= 15 is 4.39 Å². The van der Waals surface area contributed by atoms with Crippen LogP contribution in [-0.2, 0) is 19.7 Å². The molecule has 0 spiro atoms. The van der Waals surface area contributed by atoms with E-state index in [9.17, 15) is 9.90 Å². The molecule has 220 valence electrons. The van der Waals surface area contributed by atoms with Crippen molar-refractivity contribution in [2.24, 2.45) is 0 Å². The van der Waals surface area contributed by atoms with E-state index in [2.05, 4.69) is 52.7 Å². The maximum Gasteiger partial charge on any atom is 0.335 e. The quantitative estimate of drug-likeness (QED) is 0.249. The van der Waals surface area contributed by atoms with Gasteiger partial charge in [0, 0.05) is 55.1 Å². The van der Waals surface area contributed by atoms with Gasteiger partial charge in [-0.3, -0.25) is 4.90 Å². The molecule has 6 rings (SSSR count). The molecule has 0 unspecified atom stereocenters. The summed E-state index contributed by atoms with van der Waals surface area (Å²) in [6.07, 6.45) is 2.38. The van der Waals surface area contributed by atoms with E-state index in [1.54, 1.807) is 12.1 Å². The number of ether oxygens (including phenoxy) is 1. The Morgan fingerprint density at radius 3 is 2.60 bits per heavy atom. The first-order valence-corrected chi connectivity index (χ1v) is 15.1. The molecular formula is C35H40FN3O3. The summed E-state index contributed by atoms with van der Waals surface area (Å²) in [5.74, 6) is -0.349. The van der Waals surface area contributed by atoms with Gasteiger partial charge in [0.2, 0.25) is 0 Å². The molecule has 1 N–H and O–H groups in total. The molecule has 7 heteroatoms. The van der Waals surface area contributed by atoms with Gasteiger partial charge in [0.15, 0.2) is 0 Å².